The van der Waals surface area contributed by atoms with E-state index in [1.165, 1.54) is 58.5 Å². The van der Waals surface area contributed by atoms with Crippen molar-refractivity contribution in [1.29, 1.82) is 0 Å². The summed E-state index contributed by atoms with van der Waals surface area (Å²) in [6, 6.07) is 0. The van der Waals surface area contributed by atoms with Crippen LogP contribution in [0.2, 0.25) is 0 Å². The van der Waals surface area contributed by atoms with Crippen LogP contribution in [-0.2, 0) is 14.3 Å². The molecule has 1 saturated heterocycles. The van der Waals surface area contributed by atoms with Crippen LogP contribution in [0.15, 0.2) is 0 Å². The lowest BCUT2D eigenvalue weighted by Gasteiger charge is -2.41. The summed E-state index contributed by atoms with van der Waals surface area (Å²) < 4.78 is 13.1. The van der Waals surface area contributed by atoms with Crippen molar-refractivity contribution in [3.63, 3.8) is 0 Å². The van der Waals surface area contributed by atoms with E-state index < -0.39 is 0 Å². The van der Waals surface area contributed by atoms with Crippen molar-refractivity contribution in [2.45, 2.75) is 78.4 Å². The third-order valence-corrected chi connectivity index (χ3v) is 8.07. The zero-order chi connectivity index (χ0) is 18.3. The Morgan fingerprint density at radius 1 is 1.20 bits per heavy atom. The Morgan fingerprint density at radius 2 is 1.88 bits per heavy atom. The molecule has 3 rings (SSSR count). The maximum Gasteiger partial charge on any atom is 0.303 e. The summed E-state index contributed by atoms with van der Waals surface area (Å²) in [6.45, 7) is 12.6. The van der Waals surface area contributed by atoms with Gasteiger partial charge >= 0.3 is 5.97 Å². The molecule has 0 amide bonds. The number of nitrogens with zero attached hydrogens (tertiary/aromatic N) is 1. The molecule has 1 aliphatic heterocycles. The summed E-state index contributed by atoms with van der Waals surface area (Å²) in [5.41, 5.74) is 0.627. The van der Waals surface area contributed by atoms with Gasteiger partial charge in [0.15, 0.2) is 6.10 Å². The number of fused-ring (bicyclic) bond motifs is 2. The molecule has 3 aliphatic rings. The van der Waals surface area contributed by atoms with Crippen LogP contribution >= 0.6 is 0 Å². The zero-order valence-corrected chi connectivity index (χ0v) is 17.0. The van der Waals surface area contributed by atoms with Crippen LogP contribution in [-0.4, -0.2) is 55.9 Å². The van der Waals surface area contributed by atoms with Gasteiger partial charge in [-0.05, 0) is 55.3 Å². The van der Waals surface area contributed by atoms with E-state index in [-0.39, 0.29) is 17.5 Å². The first-order chi connectivity index (χ1) is 11.7. The van der Waals surface area contributed by atoms with Gasteiger partial charge in [-0.2, -0.15) is 0 Å². The fourth-order valence-electron chi connectivity index (χ4n) is 5.91. The minimum atomic E-state index is -0.184. The van der Waals surface area contributed by atoms with E-state index in [2.05, 4.69) is 27.8 Å². The van der Waals surface area contributed by atoms with Gasteiger partial charge in [-0.1, -0.05) is 20.8 Å². The molecule has 0 aromatic heterocycles. The Balaban J connectivity index is 1.61. The molecular weight excluding hydrogens is 314 g/mol. The molecule has 4 atom stereocenters. The molecule has 2 bridgehead atoms. The minimum absolute atomic E-state index is 0.119. The molecule has 25 heavy (non-hydrogen) atoms. The molecule has 144 valence electrons. The Labute approximate surface area is 153 Å². The topological polar surface area (TPSA) is 35.5 Å². The zero-order valence-electron chi connectivity index (χ0n) is 17.0. The number of likely N-dealkylation sites (N-methyl/N-ethyl adjacent to an activating group) is 1. The van der Waals surface area contributed by atoms with E-state index in [9.17, 15) is 4.79 Å². The quantitative estimate of drug-likeness (QED) is 0.539. The highest BCUT2D eigenvalue weighted by Gasteiger charge is 2.62. The molecule has 0 N–H and O–H groups in total. The molecule has 1 heterocycles. The number of piperidine rings is 1. The van der Waals surface area contributed by atoms with E-state index in [1.54, 1.807) is 0 Å². The molecule has 2 aliphatic carbocycles. The fourth-order valence-corrected chi connectivity index (χ4v) is 5.91. The second-order valence-electron chi connectivity index (χ2n) is 9.97. The van der Waals surface area contributed by atoms with E-state index in [1.807, 2.05) is 0 Å². The number of rotatable bonds is 6. The first-order valence-electron chi connectivity index (χ1n) is 10.3. The molecule has 0 unspecified atom stereocenters. The molecule has 0 radical (unpaired) electrons. The molecule has 0 aromatic rings. The normalized spacial score (nSPS) is 37.0. The lowest BCUT2D eigenvalue weighted by molar-refractivity contribution is -0.916. The highest BCUT2D eigenvalue weighted by atomic mass is 16.6. The minimum Gasteiger partial charge on any atom is -0.454 e. The highest BCUT2D eigenvalue weighted by Crippen LogP contribution is 2.66. The van der Waals surface area contributed by atoms with Gasteiger partial charge in [0, 0.05) is 6.92 Å². The summed E-state index contributed by atoms with van der Waals surface area (Å²) in [6.07, 6.45) is 7.86. The van der Waals surface area contributed by atoms with Crippen LogP contribution < -0.4 is 0 Å². The van der Waals surface area contributed by atoms with Crippen LogP contribution in [0.5, 0.6) is 0 Å². The lowest BCUT2D eigenvalue weighted by Crippen LogP contribution is -2.53. The van der Waals surface area contributed by atoms with Crippen molar-refractivity contribution in [3.05, 3.63) is 0 Å². The maximum atomic E-state index is 11.6. The van der Waals surface area contributed by atoms with Gasteiger partial charge in [0.05, 0.1) is 32.8 Å². The molecule has 4 heteroatoms. The first-order valence-corrected chi connectivity index (χ1v) is 10.3. The summed E-state index contributed by atoms with van der Waals surface area (Å²) in [5.74, 6) is 0.595. The summed E-state index contributed by atoms with van der Waals surface area (Å²) in [4.78, 5) is 11.6. The average Bonchev–Trinajstić information content (AvgIpc) is 2.85. The summed E-state index contributed by atoms with van der Waals surface area (Å²) in [7, 11) is 2.30. The average molecular weight is 353 g/mol. The van der Waals surface area contributed by atoms with E-state index in [0.29, 0.717) is 18.1 Å². The fraction of sp³-hybridized carbons (Fsp3) is 0.952. The third-order valence-electron chi connectivity index (χ3n) is 8.07. The lowest BCUT2D eigenvalue weighted by atomic mass is 9.70. The van der Waals surface area contributed by atoms with Crippen LogP contribution in [0.1, 0.15) is 66.2 Å². The third kappa shape index (κ3) is 3.62. The van der Waals surface area contributed by atoms with Crippen molar-refractivity contribution in [2.24, 2.45) is 16.7 Å². The highest BCUT2D eigenvalue weighted by molar-refractivity contribution is 5.66. The van der Waals surface area contributed by atoms with Gasteiger partial charge in [0.1, 0.15) is 6.54 Å². The first kappa shape index (κ1) is 19.2. The van der Waals surface area contributed by atoms with E-state index >= 15 is 0 Å². The van der Waals surface area contributed by atoms with Crippen molar-refractivity contribution in [3.8, 4) is 0 Å². The number of carbonyl (C=O) groups is 1. The maximum absolute atomic E-state index is 11.6. The molecule has 2 saturated carbocycles. The van der Waals surface area contributed by atoms with Gasteiger partial charge in [-0.3, -0.25) is 4.79 Å². The van der Waals surface area contributed by atoms with Gasteiger partial charge < -0.3 is 14.0 Å². The molecule has 4 nitrogen and oxygen atoms in total. The number of likely N-dealkylation sites (tertiary alicyclic amines) is 1. The summed E-state index contributed by atoms with van der Waals surface area (Å²) in [5, 5.41) is 0. The van der Waals surface area contributed by atoms with Crippen molar-refractivity contribution in [2.75, 3.05) is 33.3 Å². The van der Waals surface area contributed by atoms with Gasteiger partial charge in [-0.25, -0.2) is 0 Å². The number of ether oxygens (including phenoxy) is 2. The molecular formula is C21H38NO3+. The predicted molar refractivity (Wildman–Crippen MR) is 99.2 cm³/mol. The number of carbonyl (C=O) groups excluding carboxylic acids is 1. The van der Waals surface area contributed by atoms with Gasteiger partial charge in [0.2, 0.25) is 0 Å². The largest absolute Gasteiger partial charge is 0.454 e. The summed E-state index contributed by atoms with van der Waals surface area (Å²) >= 11 is 0. The number of quaternary nitrogens is 1. The number of esters is 1. The van der Waals surface area contributed by atoms with E-state index in [4.69, 9.17) is 9.47 Å². The Bertz CT molecular complexity index is 497. The van der Waals surface area contributed by atoms with Crippen molar-refractivity contribution < 1.29 is 18.8 Å². The standard InChI is InChI=1S/C21H38NO3/c1-16(23)25-18(14-22(5)11-7-6-8-12-22)15-24-19-13-17-9-10-21(19,4)20(17,2)3/h17-19H,6-15H2,1-5H3/q+1/t17-,18+,19+,21-/m0/s1. The Kier molecular flexibility index (Phi) is 5.25. The Morgan fingerprint density at radius 3 is 2.40 bits per heavy atom. The monoisotopic (exact) mass is 352 g/mol. The van der Waals surface area contributed by atoms with Gasteiger partial charge in [-0.15, -0.1) is 0 Å². The second kappa shape index (κ2) is 6.84. The van der Waals surface area contributed by atoms with Crippen molar-refractivity contribution in [1.82, 2.24) is 0 Å². The second-order valence-corrected chi connectivity index (χ2v) is 9.97. The van der Waals surface area contributed by atoms with Crippen LogP contribution in [0.3, 0.4) is 0 Å². The predicted octanol–water partition coefficient (Wildman–Crippen LogP) is 3.78. The SMILES string of the molecule is CC(=O)O[C@@H](CO[C@@H]1C[C@@H]2CC[C@]1(C)C2(C)C)C[N+]1(C)CCCCC1. The molecule has 3 fully saturated rings. The smallest absolute Gasteiger partial charge is 0.303 e. The van der Waals surface area contributed by atoms with Crippen LogP contribution in [0, 0.1) is 16.7 Å². The van der Waals surface area contributed by atoms with Crippen LogP contribution in [0.4, 0.5) is 0 Å². The van der Waals surface area contributed by atoms with E-state index in [0.717, 1.165) is 16.9 Å². The van der Waals surface area contributed by atoms with Crippen molar-refractivity contribution >= 4 is 5.97 Å². The number of hydrogen-bond donors (Lipinski definition) is 0. The number of hydrogen-bond acceptors (Lipinski definition) is 3. The van der Waals surface area contributed by atoms with Crippen LogP contribution in [0.25, 0.3) is 0 Å². The molecule has 0 aromatic carbocycles. The Hall–Kier alpha value is -0.610. The van der Waals surface area contributed by atoms with Gasteiger partial charge in [0.25, 0.3) is 0 Å². The molecule has 0 spiro atoms.